The number of rotatable bonds is 2. The number of carbonyl (C=O) groups excluding carboxylic acids is 1. The summed E-state index contributed by atoms with van der Waals surface area (Å²) in [5, 5.41) is 4.86. The first-order valence-corrected chi connectivity index (χ1v) is 5.28. The van der Waals surface area contributed by atoms with Gasteiger partial charge < -0.3 is 0 Å². The van der Waals surface area contributed by atoms with E-state index in [1.54, 1.807) is 10.7 Å². The molecule has 0 bridgehead atoms. The van der Waals surface area contributed by atoms with Crippen molar-refractivity contribution < 1.29 is 4.79 Å². The summed E-state index contributed by atoms with van der Waals surface area (Å²) in [4.78, 5) is 15.4. The van der Waals surface area contributed by atoms with Gasteiger partial charge in [-0.15, -0.1) is 5.10 Å². The van der Waals surface area contributed by atoms with Crippen LogP contribution in [-0.2, 0) is 4.79 Å². The molecule has 0 N–H and O–H groups in total. The van der Waals surface area contributed by atoms with Crippen LogP contribution in [0.25, 0.3) is 11.4 Å². The van der Waals surface area contributed by atoms with E-state index in [1.807, 2.05) is 18.2 Å². The molecule has 0 saturated carbocycles. The normalized spacial score (nSPS) is 17.0. The smallest absolute Gasteiger partial charge is 0.183 e. The van der Waals surface area contributed by atoms with Gasteiger partial charge in [-0.1, -0.05) is 23.7 Å². The number of Topliss-reactive ketones (excluding diaryl/α,β-unsaturated/α-hetero) is 1. The van der Waals surface area contributed by atoms with Crippen molar-refractivity contribution in [1.29, 1.82) is 0 Å². The molecule has 1 aliphatic rings. The molecule has 2 aromatic rings. The first kappa shape index (κ1) is 9.54. The Hall–Kier alpha value is -1.68. The minimum absolute atomic E-state index is 0.0701. The molecule has 5 heteroatoms. The summed E-state index contributed by atoms with van der Waals surface area (Å²) in [6.45, 7) is 1.54. The lowest BCUT2D eigenvalue weighted by Gasteiger charge is -1.99. The van der Waals surface area contributed by atoms with Gasteiger partial charge >= 0.3 is 0 Å². The molecule has 80 valence electrons. The second kappa shape index (κ2) is 3.15. The molecule has 1 aromatic heterocycles. The van der Waals surface area contributed by atoms with Crippen LogP contribution in [0.2, 0.25) is 5.02 Å². The second-order valence-corrected chi connectivity index (χ2v) is 4.14. The van der Waals surface area contributed by atoms with Gasteiger partial charge in [0.1, 0.15) is 0 Å². The number of carbonyl (C=O) groups is 1. The van der Waals surface area contributed by atoms with Crippen LogP contribution in [0.4, 0.5) is 0 Å². The number of fused-ring (bicyclic) bond motifs is 1. The Morgan fingerprint density at radius 3 is 2.75 bits per heavy atom. The monoisotopic (exact) mass is 233 g/mol. The summed E-state index contributed by atoms with van der Waals surface area (Å²) >= 11 is 6.03. The van der Waals surface area contributed by atoms with E-state index < -0.39 is 0 Å². The first-order chi connectivity index (χ1) is 7.68. The average Bonchev–Trinajstić information content (AvgIpc) is 2.76. The Bertz CT molecular complexity index is 569. The van der Waals surface area contributed by atoms with Gasteiger partial charge in [-0.25, -0.2) is 9.67 Å². The SMILES string of the molecule is CC(=O)C1c2nc(-c3ccccc3Cl)nn21. The van der Waals surface area contributed by atoms with Crippen LogP contribution in [0.5, 0.6) is 0 Å². The van der Waals surface area contributed by atoms with Crippen molar-refractivity contribution in [1.82, 2.24) is 14.8 Å². The molecule has 0 radical (unpaired) electrons. The molecule has 0 spiro atoms. The van der Waals surface area contributed by atoms with Crippen molar-refractivity contribution in [3.05, 3.63) is 35.1 Å². The fourth-order valence-electron chi connectivity index (χ4n) is 1.74. The average molecular weight is 234 g/mol. The van der Waals surface area contributed by atoms with Gasteiger partial charge in [-0.2, -0.15) is 0 Å². The molecule has 0 saturated heterocycles. The number of halogens is 1. The van der Waals surface area contributed by atoms with Crippen LogP contribution in [0.3, 0.4) is 0 Å². The van der Waals surface area contributed by atoms with Gasteiger partial charge in [-0.05, 0) is 19.1 Å². The van der Waals surface area contributed by atoms with E-state index in [4.69, 9.17) is 11.6 Å². The highest BCUT2D eigenvalue weighted by Gasteiger charge is 2.41. The predicted molar refractivity (Wildman–Crippen MR) is 59.3 cm³/mol. The minimum Gasteiger partial charge on any atom is -0.297 e. The summed E-state index contributed by atoms with van der Waals surface area (Å²) in [6.07, 6.45) is 0. The van der Waals surface area contributed by atoms with Crippen molar-refractivity contribution in [2.75, 3.05) is 0 Å². The van der Waals surface area contributed by atoms with Crippen LogP contribution in [0, 0.1) is 0 Å². The fourth-order valence-corrected chi connectivity index (χ4v) is 1.96. The third-order valence-corrected chi connectivity index (χ3v) is 2.91. The van der Waals surface area contributed by atoms with E-state index in [0.717, 1.165) is 11.4 Å². The molecule has 0 fully saturated rings. The van der Waals surface area contributed by atoms with Crippen molar-refractivity contribution in [2.45, 2.75) is 13.0 Å². The predicted octanol–water partition coefficient (Wildman–Crippen LogP) is 2.09. The largest absolute Gasteiger partial charge is 0.297 e. The molecule has 0 amide bonds. The van der Waals surface area contributed by atoms with E-state index in [1.165, 1.54) is 6.92 Å². The molecule has 1 unspecified atom stereocenters. The Morgan fingerprint density at radius 1 is 1.44 bits per heavy atom. The van der Waals surface area contributed by atoms with Gasteiger partial charge in [0.25, 0.3) is 0 Å². The van der Waals surface area contributed by atoms with E-state index in [9.17, 15) is 4.79 Å². The highest BCUT2D eigenvalue weighted by molar-refractivity contribution is 6.33. The highest BCUT2D eigenvalue weighted by atomic mass is 35.5. The van der Waals surface area contributed by atoms with Gasteiger partial charge in [0.2, 0.25) is 0 Å². The summed E-state index contributed by atoms with van der Waals surface area (Å²) in [5.41, 5.74) is 0.797. The summed E-state index contributed by atoms with van der Waals surface area (Å²) in [7, 11) is 0. The minimum atomic E-state index is -0.230. The summed E-state index contributed by atoms with van der Waals surface area (Å²) in [5.74, 6) is 1.38. The number of aromatic nitrogens is 3. The zero-order valence-electron chi connectivity index (χ0n) is 8.51. The van der Waals surface area contributed by atoms with Crippen molar-refractivity contribution >= 4 is 17.4 Å². The van der Waals surface area contributed by atoms with Crippen molar-refractivity contribution in [2.24, 2.45) is 0 Å². The summed E-state index contributed by atoms with van der Waals surface area (Å²) < 4.78 is 1.63. The maximum Gasteiger partial charge on any atom is 0.183 e. The Balaban J connectivity index is 1.98. The maximum absolute atomic E-state index is 11.1. The number of nitrogens with zero attached hydrogens (tertiary/aromatic N) is 3. The topological polar surface area (TPSA) is 47.8 Å². The molecule has 4 nitrogen and oxygen atoms in total. The molecule has 1 atom stereocenters. The van der Waals surface area contributed by atoms with E-state index in [0.29, 0.717) is 10.8 Å². The van der Waals surface area contributed by atoms with Crippen LogP contribution < -0.4 is 0 Å². The van der Waals surface area contributed by atoms with Crippen LogP contribution in [0.15, 0.2) is 24.3 Å². The molecular formula is C11H8ClN3O. The van der Waals surface area contributed by atoms with Gasteiger partial charge in [-0.3, -0.25) is 4.79 Å². The van der Waals surface area contributed by atoms with Crippen molar-refractivity contribution in [3.8, 4) is 11.4 Å². The quantitative estimate of drug-likeness (QED) is 0.798. The molecular weight excluding hydrogens is 226 g/mol. The fraction of sp³-hybridized carbons (Fsp3) is 0.182. The number of benzene rings is 1. The third kappa shape index (κ3) is 1.27. The number of hydrogen-bond acceptors (Lipinski definition) is 3. The third-order valence-electron chi connectivity index (χ3n) is 2.58. The molecule has 0 aliphatic carbocycles. The maximum atomic E-state index is 11.1. The standard InChI is InChI=1S/C11H8ClN3O/c1-6(16)9-11-13-10(14-15(9)11)7-4-2-3-5-8(7)12/h2-5,9H,1H3. The molecule has 3 rings (SSSR count). The van der Waals surface area contributed by atoms with Gasteiger partial charge in [0.05, 0.1) is 5.02 Å². The van der Waals surface area contributed by atoms with Gasteiger partial charge in [0.15, 0.2) is 23.5 Å². The first-order valence-electron chi connectivity index (χ1n) is 4.90. The molecule has 2 heterocycles. The number of hydrogen-bond donors (Lipinski definition) is 0. The van der Waals surface area contributed by atoms with Gasteiger partial charge in [0, 0.05) is 5.56 Å². The lowest BCUT2D eigenvalue weighted by molar-refractivity contribution is -0.117. The zero-order chi connectivity index (χ0) is 11.3. The van der Waals surface area contributed by atoms with E-state index >= 15 is 0 Å². The second-order valence-electron chi connectivity index (χ2n) is 3.73. The lowest BCUT2D eigenvalue weighted by Crippen LogP contribution is -2.00. The van der Waals surface area contributed by atoms with Crippen LogP contribution in [-0.4, -0.2) is 20.5 Å². The highest BCUT2D eigenvalue weighted by Crippen LogP contribution is 2.35. The zero-order valence-corrected chi connectivity index (χ0v) is 9.27. The lowest BCUT2D eigenvalue weighted by atomic mass is 10.2. The van der Waals surface area contributed by atoms with Crippen molar-refractivity contribution in [3.63, 3.8) is 0 Å². The van der Waals surface area contributed by atoms with E-state index in [2.05, 4.69) is 10.1 Å². The summed E-state index contributed by atoms with van der Waals surface area (Å²) in [6, 6.07) is 7.16. The Kier molecular flexibility index (Phi) is 1.88. The molecule has 1 aromatic carbocycles. The Morgan fingerprint density at radius 2 is 2.19 bits per heavy atom. The molecule has 1 aliphatic heterocycles. The number of ketones is 1. The van der Waals surface area contributed by atoms with E-state index in [-0.39, 0.29) is 11.8 Å². The molecule has 16 heavy (non-hydrogen) atoms. The van der Waals surface area contributed by atoms with Crippen LogP contribution in [0.1, 0.15) is 18.8 Å². The van der Waals surface area contributed by atoms with Crippen LogP contribution >= 0.6 is 11.6 Å². The Labute approximate surface area is 96.9 Å².